The number of carboxylic acids is 1. The van der Waals surface area contributed by atoms with Gasteiger partial charge in [0, 0.05) is 17.0 Å². The Hall–Kier alpha value is -2.95. The van der Waals surface area contributed by atoms with Gasteiger partial charge in [-0.1, -0.05) is 32.0 Å². The van der Waals surface area contributed by atoms with E-state index < -0.39 is 5.97 Å². The Morgan fingerprint density at radius 1 is 1.09 bits per heavy atom. The molecular weight excluding hydrogens is 290 g/mol. The predicted octanol–water partition coefficient (Wildman–Crippen LogP) is 4.20. The highest BCUT2D eigenvalue weighted by Gasteiger charge is 2.11. The Labute approximate surface area is 134 Å². The molecule has 3 aromatic rings. The fourth-order valence-corrected chi connectivity index (χ4v) is 2.31. The molecule has 3 rings (SSSR count). The van der Waals surface area contributed by atoms with Gasteiger partial charge in [-0.3, -0.25) is 0 Å². The van der Waals surface area contributed by atoms with Gasteiger partial charge in [0.1, 0.15) is 11.6 Å². The average molecular weight is 307 g/mol. The molecule has 2 N–H and O–H groups in total. The van der Waals surface area contributed by atoms with E-state index in [0.29, 0.717) is 11.5 Å². The number of carboxylic acid groups (broad SMARTS) is 1. The van der Waals surface area contributed by atoms with Crippen molar-refractivity contribution in [3.63, 3.8) is 0 Å². The lowest BCUT2D eigenvalue weighted by Gasteiger charge is -2.12. The Bertz CT molecular complexity index is 875. The van der Waals surface area contributed by atoms with Crippen LogP contribution in [0.2, 0.25) is 0 Å². The molecule has 0 unspecified atom stereocenters. The molecule has 1 aromatic heterocycles. The summed E-state index contributed by atoms with van der Waals surface area (Å²) in [6.07, 6.45) is 0. The molecule has 0 spiro atoms. The van der Waals surface area contributed by atoms with Crippen LogP contribution in [0.3, 0.4) is 0 Å². The van der Waals surface area contributed by atoms with Gasteiger partial charge >= 0.3 is 5.97 Å². The lowest BCUT2D eigenvalue weighted by Crippen LogP contribution is -2.04. The van der Waals surface area contributed by atoms with Crippen molar-refractivity contribution in [3.8, 4) is 0 Å². The van der Waals surface area contributed by atoms with E-state index in [4.69, 9.17) is 5.11 Å². The highest BCUT2D eigenvalue weighted by molar-refractivity contribution is 5.92. The summed E-state index contributed by atoms with van der Waals surface area (Å²) in [5.41, 5.74) is 1.78. The van der Waals surface area contributed by atoms with Crippen LogP contribution in [-0.2, 0) is 0 Å². The Balaban J connectivity index is 2.08. The second-order valence-electron chi connectivity index (χ2n) is 5.61. The normalized spacial score (nSPS) is 10.9. The first-order chi connectivity index (χ1) is 11.0. The van der Waals surface area contributed by atoms with Gasteiger partial charge < -0.3 is 10.4 Å². The van der Waals surface area contributed by atoms with E-state index in [0.717, 1.165) is 16.7 Å². The summed E-state index contributed by atoms with van der Waals surface area (Å²) in [7, 11) is 0. The number of fused-ring (bicyclic) bond motifs is 1. The van der Waals surface area contributed by atoms with Crippen molar-refractivity contribution in [3.05, 3.63) is 59.9 Å². The van der Waals surface area contributed by atoms with Crippen molar-refractivity contribution >= 4 is 28.4 Å². The molecule has 0 aliphatic carbocycles. The maximum atomic E-state index is 11.1. The second-order valence-corrected chi connectivity index (χ2v) is 5.61. The lowest BCUT2D eigenvalue weighted by molar-refractivity contribution is 0.0697. The van der Waals surface area contributed by atoms with Crippen molar-refractivity contribution in [1.82, 2.24) is 9.97 Å². The molecule has 0 radical (unpaired) electrons. The largest absolute Gasteiger partial charge is 0.478 e. The smallest absolute Gasteiger partial charge is 0.335 e. The number of anilines is 2. The third kappa shape index (κ3) is 3.13. The quantitative estimate of drug-likeness (QED) is 0.755. The summed E-state index contributed by atoms with van der Waals surface area (Å²) >= 11 is 0. The number of aromatic carboxylic acids is 1. The average Bonchev–Trinajstić information content (AvgIpc) is 2.55. The minimum atomic E-state index is -0.955. The third-order valence-corrected chi connectivity index (χ3v) is 3.51. The standard InChI is InChI=1S/C18H17N3O2/c1-11(2)16-20-15-9-4-3-8-14(15)17(21-16)19-13-7-5-6-12(10-13)18(22)23/h3-11H,1-2H3,(H,22,23)(H,19,20,21). The Morgan fingerprint density at radius 2 is 1.87 bits per heavy atom. The highest BCUT2D eigenvalue weighted by Crippen LogP contribution is 2.26. The molecule has 5 nitrogen and oxygen atoms in total. The van der Waals surface area contributed by atoms with Crippen molar-refractivity contribution in [1.29, 1.82) is 0 Å². The van der Waals surface area contributed by atoms with E-state index in [9.17, 15) is 4.79 Å². The lowest BCUT2D eigenvalue weighted by atomic mass is 10.1. The minimum Gasteiger partial charge on any atom is -0.478 e. The van der Waals surface area contributed by atoms with Crippen LogP contribution in [0, 0.1) is 0 Å². The summed E-state index contributed by atoms with van der Waals surface area (Å²) in [6.45, 7) is 4.08. The zero-order valence-electron chi connectivity index (χ0n) is 12.9. The summed E-state index contributed by atoms with van der Waals surface area (Å²) in [5, 5.41) is 13.2. The summed E-state index contributed by atoms with van der Waals surface area (Å²) in [5.74, 6) is 0.678. The molecule has 0 bridgehead atoms. The topological polar surface area (TPSA) is 75.1 Å². The van der Waals surface area contributed by atoms with Gasteiger partial charge in [0.15, 0.2) is 0 Å². The molecule has 0 saturated carbocycles. The van der Waals surface area contributed by atoms with Gasteiger partial charge in [-0.15, -0.1) is 0 Å². The fraction of sp³-hybridized carbons (Fsp3) is 0.167. The van der Waals surface area contributed by atoms with Crippen LogP contribution in [0.15, 0.2) is 48.5 Å². The number of nitrogens with one attached hydrogen (secondary N) is 1. The van der Waals surface area contributed by atoms with Crippen molar-refractivity contribution in [2.45, 2.75) is 19.8 Å². The molecule has 0 aliphatic heterocycles. The van der Waals surface area contributed by atoms with Gasteiger partial charge in [-0.25, -0.2) is 14.8 Å². The first-order valence-electron chi connectivity index (χ1n) is 7.41. The van der Waals surface area contributed by atoms with Crippen molar-refractivity contribution in [2.75, 3.05) is 5.32 Å². The van der Waals surface area contributed by atoms with E-state index in [-0.39, 0.29) is 11.5 Å². The molecule has 0 fully saturated rings. The van der Waals surface area contributed by atoms with Crippen molar-refractivity contribution < 1.29 is 9.90 Å². The number of hydrogen-bond acceptors (Lipinski definition) is 4. The van der Waals surface area contributed by atoms with E-state index in [1.807, 2.05) is 44.2 Å². The number of para-hydroxylation sites is 1. The van der Waals surface area contributed by atoms with Crippen molar-refractivity contribution in [2.24, 2.45) is 0 Å². The fourth-order valence-electron chi connectivity index (χ4n) is 2.31. The summed E-state index contributed by atoms with van der Waals surface area (Å²) < 4.78 is 0. The first-order valence-corrected chi connectivity index (χ1v) is 7.41. The van der Waals surface area contributed by atoms with E-state index in [1.54, 1.807) is 18.2 Å². The first kappa shape index (κ1) is 15.0. The van der Waals surface area contributed by atoms with Crippen LogP contribution in [0.1, 0.15) is 35.9 Å². The summed E-state index contributed by atoms with van der Waals surface area (Å²) in [4.78, 5) is 20.3. The van der Waals surface area contributed by atoms with Gasteiger partial charge in [-0.05, 0) is 30.3 Å². The molecule has 23 heavy (non-hydrogen) atoms. The zero-order valence-corrected chi connectivity index (χ0v) is 12.9. The van der Waals surface area contributed by atoms with Crippen LogP contribution >= 0.6 is 0 Å². The van der Waals surface area contributed by atoms with E-state index in [1.165, 1.54) is 0 Å². The number of nitrogens with zero attached hydrogens (tertiary/aromatic N) is 2. The second kappa shape index (κ2) is 6.04. The number of aromatic nitrogens is 2. The minimum absolute atomic E-state index is 0.200. The maximum Gasteiger partial charge on any atom is 0.335 e. The predicted molar refractivity (Wildman–Crippen MR) is 90.3 cm³/mol. The molecule has 0 saturated heterocycles. The molecule has 0 atom stereocenters. The van der Waals surface area contributed by atoms with Gasteiger partial charge in [0.25, 0.3) is 0 Å². The number of rotatable bonds is 4. The SMILES string of the molecule is CC(C)c1nc(Nc2cccc(C(=O)O)c2)c2ccccc2n1. The van der Waals surface area contributed by atoms with Crippen LogP contribution in [-0.4, -0.2) is 21.0 Å². The summed E-state index contributed by atoms with van der Waals surface area (Å²) in [6, 6.07) is 14.4. The van der Waals surface area contributed by atoms with Gasteiger partial charge in [-0.2, -0.15) is 0 Å². The molecular formula is C18H17N3O2. The number of benzene rings is 2. The van der Waals surface area contributed by atoms with Crippen LogP contribution < -0.4 is 5.32 Å². The molecule has 0 aliphatic rings. The maximum absolute atomic E-state index is 11.1. The third-order valence-electron chi connectivity index (χ3n) is 3.51. The Morgan fingerprint density at radius 3 is 2.61 bits per heavy atom. The van der Waals surface area contributed by atoms with Gasteiger partial charge in [0.2, 0.25) is 0 Å². The van der Waals surface area contributed by atoms with Gasteiger partial charge in [0.05, 0.1) is 11.1 Å². The molecule has 5 heteroatoms. The molecule has 2 aromatic carbocycles. The zero-order chi connectivity index (χ0) is 16.4. The Kier molecular flexibility index (Phi) is 3.93. The van der Waals surface area contributed by atoms with E-state index >= 15 is 0 Å². The molecule has 1 heterocycles. The van der Waals surface area contributed by atoms with Crippen LogP contribution in [0.25, 0.3) is 10.9 Å². The number of carbonyl (C=O) groups is 1. The highest BCUT2D eigenvalue weighted by atomic mass is 16.4. The van der Waals surface area contributed by atoms with E-state index in [2.05, 4.69) is 15.3 Å². The van der Waals surface area contributed by atoms with Crippen LogP contribution in [0.5, 0.6) is 0 Å². The molecule has 0 amide bonds. The monoisotopic (exact) mass is 307 g/mol. The van der Waals surface area contributed by atoms with Crippen LogP contribution in [0.4, 0.5) is 11.5 Å². The number of hydrogen-bond donors (Lipinski definition) is 2. The molecule has 116 valence electrons.